The summed E-state index contributed by atoms with van der Waals surface area (Å²) in [5.41, 5.74) is 6.17. The van der Waals surface area contributed by atoms with Crippen LogP contribution in [0.4, 0.5) is 5.69 Å². The molecule has 1 saturated carbocycles. The zero-order valence-corrected chi connectivity index (χ0v) is 20.0. The number of nitrogens with one attached hydrogen (secondary N) is 1. The molecule has 1 aliphatic carbocycles. The van der Waals surface area contributed by atoms with Crippen LogP contribution in [0, 0.1) is 13.8 Å². The summed E-state index contributed by atoms with van der Waals surface area (Å²) in [5, 5.41) is 14.2. The highest BCUT2D eigenvalue weighted by atomic mass is 16.1. The van der Waals surface area contributed by atoms with Gasteiger partial charge in [-0.3, -0.25) is 4.79 Å². The van der Waals surface area contributed by atoms with Crippen LogP contribution in [-0.4, -0.2) is 31.2 Å². The van der Waals surface area contributed by atoms with Crippen molar-refractivity contribution in [3.05, 3.63) is 80.9 Å². The predicted molar refractivity (Wildman–Crippen MR) is 133 cm³/mol. The molecule has 174 valence electrons. The summed E-state index contributed by atoms with van der Waals surface area (Å²) in [6.07, 6.45) is 5.45. The molecular formula is C27H30N6O. The van der Waals surface area contributed by atoms with Gasteiger partial charge in [0, 0.05) is 22.7 Å². The van der Waals surface area contributed by atoms with Gasteiger partial charge in [0.15, 0.2) is 5.82 Å². The van der Waals surface area contributed by atoms with Crippen molar-refractivity contribution in [2.45, 2.75) is 71.0 Å². The van der Waals surface area contributed by atoms with Gasteiger partial charge in [-0.15, -0.1) is 5.10 Å². The molecule has 2 aromatic carbocycles. The first kappa shape index (κ1) is 21.1. The van der Waals surface area contributed by atoms with Crippen LogP contribution in [-0.2, 0) is 6.42 Å². The number of hydrogen-bond donors (Lipinski definition) is 1. The zero-order valence-electron chi connectivity index (χ0n) is 20.0. The van der Waals surface area contributed by atoms with Crippen LogP contribution in [0.2, 0.25) is 0 Å². The Bertz CT molecular complexity index is 1430. The molecule has 0 bridgehead atoms. The molecule has 7 nitrogen and oxygen atoms in total. The molecule has 34 heavy (non-hydrogen) atoms. The normalized spacial score (nSPS) is 19.1. The number of aryl methyl sites for hydroxylation is 2. The first-order valence-electron chi connectivity index (χ1n) is 12.3. The van der Waals surface area contributed by atoms with Crippen molar-refractivity contribution in [1.29, 1.82) is 0 Å². The highest BCUT2D eigenvalue weighted by molar-refractivity contribution is 5.85. The molecular weight excluding hydrogens is 424 g/mol. The second-order valence-electron chi connectivity index (χ2n) is 9.95. The molecule has 6 rings (SSSR count). The van der Waals surface area contributed by atoms with E-state index < -0.39 is 0 Å². The number of para-hydroxylation sites is 1. The van der Waals surface area contributed by atoms with Crippen molar-refractivity contribution in [3.8, 4) is 0 Å². The quantitative estimate of drug-likeness (QED) is 0.480. The Hall–Kier alpha value is -3.48. The molecule has 1 aliphatic heterocycles. The van der Waals surface area contributed by atoms with Crippen LogP contribution in [0.1, 0.15) is 72.8 Å². The summed E-state index contributed by atoms with van der Waals surface area (Å²) < 4.78 is 2.00. The Labute approximate surface area is 198 Å². The van der Waals surface area contributed by atoms with E-state index in [-0.39, 0.29) is 23.7 Å². The highest BCUT2D eigenvalue weighted by Crippen LogP contribution is 2.42. The third-order valence-electron chi connectivity index (χ3n) is 7.74. The van der Waals surface area contributed by atoms with Gasteiger partial charge in [-0.2, -0.15) is 0 Å². The summed E-state index contributed by atoms with van der Waals surface area (Å²) in [6, 6.07) is 14.9. The average molecular weight is 455 g/mol. The van der Waals surface area contributed by atoms with Crippen molar-refractivity contribution in [2.24, 2.45) is 0 Å². The van der Waals surface area contributed by atoms with Gasteiger partial charge in [0.25, 0.3) is 5.56 Å². The lowest BCUT2D eigenvalue weighted by Gasteiger charge is -2.34. The van der Waals surface area contributed by atoms with Crippen LogP contribution in [0.5, 0.6) is 0 Å². The lowest BCUT2D eigenvalue weighted by Crippen LogP contribution is -2.39. The molecule has 1 N–H and O–H groups in total. The van der Waals surface area contributed by atoms with E-state index in [9.17, 15) is 4.79 Å². The number of H-pyrrole nitrogens is 1. The Morgan fingerprint density at radius 2 is 1.82 bits per heavy atom. The van der Waals surface area contributed by atoms with E-state index in [1.165, 1.54) is 18.4 Å². The van der Waals surface area contributed by atoms with Gasteiger partial charge < -0.3 is 9.88 Å². The molecule has 0 unspecified atom stereocenters. The van der Waals surface area contributed by atoms with Gasteiger partial charge in [-0.05, 0) is 79.3 Å². The average Bonchev–Trinajstić information content (AvgIpc) is 3.58. The van der Waals surface area contributed by atoms with Gasteiger partial charge in [-0.1, -0.05) is 43.2 Å². The van der Waals surface area contributed by atoms with Crippen LogP contribution >= 0.6 is 0 Å². The summed E-state index contributed by atoms with van der Waals surface area (Å²) in [6.45, 7) is 6.35. The molecule has 7 heteroatoms. The summed E-state index contributed by atoms with van der Waals surface area (Å²) >= 11 is 0. The zero-order chi connectivity index (χ0) is 23.4. The molecule has 0 saturated heterocycles. The Kier molecular flexibility index (Phi) is 5.01. The maximum Gasteiger partial charge on any atom is 0.254 e. The second-order valence-corrected chi connectivity index (χ2v) is 9.95. The van der Waals surface area contributed by atoms with E-state index in [2.05, 4.69) is 81.7 Å². The fourth-order valence-electron chi connectivity index (χ4n) is 5.98. The second kappa shape index (κ2) is 8.08. The monoisotopic (exact) mass is 454 g/mol. The van der Waals surface area contributed by atoms with E-state index in [0.717, 1.165) is 52.8 Å². The first-order chi connectivity index (χ1) is 16.5. The number of benzene rings is 2. The molecule has 4 aromatic rings. The van der Waals surface area contributed by atoms with Crippen molar-refractivity contribution < 1.29 is 0 Å². The van der Waals surface area contributed by atoms with Crippen molar-refractivity contribution in [3.63, 3.8) is 0 Å². The largest absolute Gasteiger partial charge is 0.354 e. The maximum absolute atomic E-state index is 13.7. The van der Waals surface area contributed by atoms with Gasteiger partial charge in [0.2, 0.25) is 0 Å². The number of nitrogens with zero attached hydrogens (tertiary/aromatic N) is 5. The standard InChI is InChI=1S/C27H30N6O/c1-16-12-13-17(2)24-21(16)15-22(27(34)28-24)25(26-29-30-31-33(26)20-9-5-6-10-20)32-18(3)14-19-8-4-7-11-23(19)32/h4,7-8,11-13,15,18,20,25H,5-6,9-10,14H2,1-3H3,(H,28,34)/t18-,25+/m1/s1. The van der Waals surface area contributed by atoms with Gasteiger partial charge in [-0.25, -0.2) is 4.68 Å². The molecule has 0 radical (unpaired) electrons. The molecule has 2 atom stereocenters. The summed E-state index contributed by atoms with van der Waals surface area (Å²) in [4.78, 5) is 19.2. The smallest absolute Gasteiger partial charge is 0.254 e. The number of tetrazole rings is 1. The van der Waals surface area contributed by atoms with E-state index in [4.69, 9.17) is 0 Å². The third kappa shape index (κ3) is 3.25. The van der Waals surface area contributed by atoms with Crippen molar-refractivity contribution in [2.75, 3.05) is 4.90 Å². The van der Waals surface area contributed by atoms with Gasteiger partial charge >= 0.3 is 0 Å². The topological polar surface area (TPSA) is 79.7 Å². The molecule has 2 aromatic heterocycles. The predicted octanol–water partition coefficient (Wildman–Crippen LogP) is 4.79. The maximum atomic E-state index is 13.7. The fourth-order valence-corrected chi connectivity index (χ4v) is 5.98. The number of anilines is 1. The minimum Gasteiger partial charge on any atom is -0.354 e. The lowest BCUT2D eigenvalue weighted by molar-refractivity contribution is 0.423. The van der Waals surface area contributed by atoms with Crippen LogP contribution in [0.3, 0.4) is 0 Å². The fraction of sp³-hybridized carbons (Fsp3) is 0.407. The van der Waals surface area contributed by atoms with Gasteiger partial charge in [0.05, 0.1) is 11.6 Å². The van der Waals surface area contributed by atoms with E-state index in [1.54, 1.807) is 0 Å². The van der Waals surface area contributed by atoms with E-state index in [1.807, 2.05) is 11.6 Å². The SMILES string of the molecule is Cc1ccc(C)c2[nH]c(=O)c([C@@H](c3nnnn3C3CCCC3)N3c4ccccc4C[C@H]3C)cc12. The summed E-state index contributed by atoms with van der Waals surface area (Å²) in [5.74, 6) is 0.755. The summed E-state index contributed by atoms with van der Waals surface area (Å²) in [7, 11) is 0. The van der Waals surface area contributed by atoms with Crippen LogP contribution in [0.15, 0.2) is 47.3 Å². The number of aromatic nitrogens is 5. The molecule has 2 aliphatic rings. The molecule has 3 heterocycles. The van der Waals surface area contributed by atoms with Crippen LogP contribution < -0.4 is 10.5 Å². The number of rotatable bonds is 4. The van der Waals surface area contributed by atoms with Crippen molar-refractivity contribution in [1.82, 2.24) is 25.2 Å². The first-order valence-corrected chi connectivity index (χ1v) is 12.3. The Morgan fingerprint density at radius 3 is 2.65 bits per heavy atom. The number of pyridine rings is 1. The minimum absolute atomic E-state index is 0.0799. The number of hydrogen-bond acceptors (Lipinski definition) is 5. The molecule has 0 spiro atoms. The number of fused-ring (bicyclic) bond motifs is 2. The Balaban J connectivity index is 1.61. The minimum atomic E-state index is -0.373. The Morgan fingerprint density at radius 1 is 1.06 bits per heavy atom. The van der Waals surface area contributed by atoms with E-state index >= 15 is 0 Å². The van der Waals surface area contributed by atoms with Crippen LogP contribution in [0.25, 0.3) is 10.9 Å². The molecule has 0 amide bonds. The lowest BCUT2D eigenvalue weighted by atomic mass is 9.98. The van der Waals surface area contributed by atoms with E-state index in [0.29, 0.717) is 5.56 Å². The number of aromatic amines is 1. The molecule has 1 fully saturated rings. The highest BCUT2D eigenvalue weighted by Gasteiger charge is 2.39. The third-order valence-corrected chi connectivity index (χ3v) is 7.74. The van der Waals surface area contributed by atoms with Gasteiger partial charge in [0.1, 0.15) is 6.04 Å². The van der Waals surface area contributed by atoms with Crippen molar-refractivity contribution >= 4 is 16.6 Å².